The van der Waals surface area contributed by atoms with Crippen molar-refractivity contribution in [2.24, 2.45) is 0 Å². The van der Waals surface area contributed by atoms with Gasteiger partial charge in [-0.15, -0.1) is 0 Å². The van der Waals surface area contributed by atoms with E-state index < -0.39 is 24.4 Å². The molecule has 0 unspecified atom stereocenters. The molecule has 0 aromatic heterocycles. The van der Waals surface area contributed by atoms with Crippen molar-refractivity contribution in [3.63, 3.8) is 0 Å². The van der Waals surface area contributed by atoms with Gasteiger partial charge in [0.25, 0.3) is 0 Å². The highest BCUT2D eigenvalue weighted by Crippen LogP contribution is 2.49. The van der Waals surface area contributed by atoms with Crippen molar-refractivity contribution in [3.8, 4) is 0 Å². The van der Waals surface area contributed by atoms with E-state index in [-0.39, 0.29) is 28.9 Å². The molecule has 2 amide bonds. The highest BCUT2D eigenvalue weighted by molar-refractivity contribution is 6.30. The van der Waals surface area contributed by atoms with E-state index in [2.05, 4.69) is 5.32 Å². The number of nitrogens with one attached hydrogen (secondary N) is 1. The van der Waals surface area contributed by atoms with E-state index in [0.717, 1.165) is 0 Å². The molecule has 1 aromatic rings. The maximum Gasteiger partial charge on any atom is 0.423 e. The fraction of sp³-hybridized carbons (Fsp3) is 0.562. The maximum absolute atomic E-state index is 14.2. The quantitative estimate of drug-likeness (QED) is 0.854. The number of alkyl halides is 3. The number of halogens is 4. The van der Waals surface area contributed by atoms with Crippen molar-refractivity contribution in [1.29, 1.82) is 0 Å². The average molecular weight is 363 g/mol. The van der Waals surface area contributed by atoms with Gasteiger partial charge in [-0.3, -0.25) is 0 Å². The summed E-state index contributed by atoms with van der Waals surface area (Å²) in [4.78, 5) is 13.6. The molecule has 0 bridgehead atoms. The first kappa shape index (κ1) is 17.4. The number of amides is 2. The van der Waals surface area contributed by atoms with E-state index in [1.165, 1.54) is 23.1 Å². The molecule has 132 valence electrons. The predicted molar refractivity (Wildman–Crippen MR) is 84.2 cm³/mol. The van der Waals surface area contributed by atoms with Gasteiger partial charge in [-0.25, -0.2) is 4.79 Å². The molecule has 1 heterocycles. The summed E-state index contributed by atoms with van der Waals surface area (Å²) in [5.41, 5.74) is -2.65. The Morgan fingerprint density at radius 2 is 2.12 bits per heavy atom. The van der Waals surface area contributed by atoms with Crippen LogP contribution in [0.2, 0.25) is 5.02 Å². The topological polar surface area (TPSA) is 41.6 Å². The number of carbonyl (C=O) groups is 1. The Kier molecular flexibility index (Phi) is 4.42. The number of fused-ring (bicyclic) bond motifs is 1. The van der Waals surface area contributed by atoms with Crippen molar-refractivity contribution >= 4 is 23.3 Å². The number of benzene rings is 1. The summed E-state index contributed by atoms with van der Waals surface area (Å²) < 4.78 is 47.9. The van der Waals surface area contributed by atoms with Crippen molar-refractivity contribution in [2.75, 3.05) is 18.5 Å². The Hall–Kier alpha value is -1.47. The van der Waals surface area contributed by atoms with Crippen LogP contribution in [-0.2, 0) is 10.3 Å². The minimum atomic E-state index is -4.69. The Balaban J connectivity index is 2.17. The monoisotopic (exact) mass is 362 g/mol. The summed E-state index contributed by atoms with van der Waals surface area (Å²) >= 11 is 5.94. The van der Waals surface area contributed by atoms with E-state index in [4.69, 9.17) is 16.3 Å². The molecule has 1 aliphatic carbocycles. The first-order chi connectivity index (χ1) is 11.3. The van der Waals surface area contributed by atoms with Crippen LogP contribution in [-0.4, -0.2) is 36.3 Å². The van der Waals surface area contributed by atoms with Crippen molar-refractivity contribution in [2.45, 2.75) is 44.0 Å². The number of carbonyl (C=O) groups excluding carboxylic acids is 1. The van der Waals surface area contributed by atoms with Crippen LogP contribution in [0.5, 0.6) is 0 Å². The van der Waals surface area contributed by atoms with Gasteiger partial charge in [-0.05, 0) is 37.5 Å². The average Bonchev–Trinajstić information content (AvgIpc) is 3.32. The smallest absolute Gasteiger partial charge is 0.359 e. The van der Waals surface area contributed by atoms with Crippen molar-refractivity contribution in [3.05, 3.63) is 28.8 Å². The summed E-state index contributed by atoms with van der Waals surface area (Å²) in [5, 5.41) is 2.74. The number of ether oxygens (including phenoxy) is 1. The molecule has 1 atom stereocenters. The van der Waals surface area contributed by atoms with Gasteiger partial charge >= 0.3 is 12.2 Å². The molecular formula is C16H18ClF3N2O2. The van der Waals surface area contributed by atoms with Crippen LogP contribution in [0.4, 0.5) is 23.7 Å². The fourth-order valence-electron chi connectivity index (χ4n) is 2.95. The van der Waals surface area contributed by atoms with Crippen LogP contribution in [0.25, 0.3) is 0 Å². The molecule has 1 N–H and O–H groups in total. The van der Waals surface area contributed by atoms with Gasteiger partial charge in [-0.1, -0.05) is 18.5 Å². The van der Waals surface area contributed by atoms with E-state index in [9.17, 15) is 18.0 Å². The molecular weight excluding hydrogens is 345 g/mol. The molecule has 4 nitrogen and oxygen atoms in total. The van der Waals surface area contributed by atoms with Crippen LogP contribution in [0, 0.1) is 0 Å². The van der Waals surface area contributed by atoms with Gasteiger partial charge in [0.15, 0.2) is 0 Å². The molecule has 3 rings (SSSR count). The number of urea groups is 1. The van der Waals surface area contributed by atoms with E-state index >= 15 is 0 Å². The summed E-state index contributed by atoms with van der Waals surface area (Å²) in [6.07, 6.45) is -2.86. The molecule has 0 saturated heterocycles. The van der Waals surface area contributed by atoms with Gasteiger partial charge in [-0.2, -0.15) is 13.2 Å². The van der Waals surface area contributed by atoms with Crippen LogP contribution in [0.3, 0.4) is 0 Å². The van der Waals surface area contributed by atoms with Gasteiger partial charge < -0.3 is 15.0 Å². The number of rotatable bonds is 4. The third-order valence-electron chi connectivity index (χ3n) is 4.31. The molecule has 1 aliphatic heterocycles. The molecule has 1 saturated carbocycles. The SMILES string of the molecule is CCCO[C@@]1(C(F)(F)F)CN(C2CC2)C(=O)Nc2ccc(Cl)cc21. The summed E-state index contributed by atoms with van der Waals surface area (Å²) in [7, 11) is 0. The largest absolute Gasteiger partial charge is 0.423 e. The second-order valence-corrected chi connectivity index (χ2v) is 6.59. The fourth-order valence-corrected chi connectivity index (χ4v) is 3.12. The Morgan fingerprint density at radius 3 is 2.71 bits per heavy atom. The second kappa shape index (κ2) is 6.11. The standard InChI is InChI=1S/C16H18ClF3N2O2/c1-2-7-24-15(16(18,19)20)9-22(11-4-5-11)14(23)21-13-6-3-10(17)8-12(13)15/h3,6,8,11H,2,4-5,7,9H2,1H3,(H,21,23)/t15-/m0/s1. The van der Waals surface area contributed by atoms with Crippen LogP contribution in [0.15, 0.2) is 18.2 Å². The third kappa shape index (κ3) is 2.95. The minimum absolute atomic E-state index is 0.0713. The lowest BCUT2D eigenvalue weighted by Crippen LogP contribution is -2.53. The van der Waals surface area contributed by atoms with Gasteiger partial charge in [0, 0.05) is 28.9 Å². The van der Waals surface area contributed by atoms with Gasteiger partial charge in [0.05, 0.1) is 6.54 Å². The molecule has 1 fully saturated rings. The Labute approximate surface area is 142 Å². The summed E-state index contributed by atoms with van der Waals surface area (Å²) in [6, 6.07) is 3.36. The van der Waals surface area contributed by atoms with E-state index in [0.29, 0.717) is 19.3 Å². The Morgan fingerprint density at radius 1 is 1.42 bits per heavy atom. The second-order valence-electron chi connectivity index (χ2n) is 6.15. The lowest BCUT2D eigenvalue weighted by Gasteiger charge is -2.38. The number of hydrogen-bond donors (Lipinski definition) is 1. The third-order valence-corrected chi connectivity index (χ3v) is 4.55. The molecule has 0 spiro atoms. The van der Waals surface area contributed by atoms with Crippen molar-refractivity contribution in [1.82, 2.24) is 4.90 Å². The summed E-state index contributed by atoms with van der Waals surface area (Å²) in [5.74, 6) is 0. The van der Waals surface area contributed by atoms with Gasteiger partial charge in [0.2, 0.25) is 5.60 Å². The zero-order chi connectivity index (χ0) is 17.5. The first-order valence-corrected chi connectivity index (χ1v) is 8.24. The molecule has 1 aromatic carbocycles. The van der Waals surface area contributed by atoms with Crippen LogP contribution < -0.4 is 5.32 Å². The zero-order valence-corrected chi connectivity index (χ0v) is 13.9. The van der Waals surface area contributed by atoms with E-state index in [1.54, 1.807) is 6.92 Å². The first-order valence-electron chi connectivity index (χ1n) is 7.87. The number of nitrogens with zero attached hydrogens (tertiary/aromatic N) is 1. The number of anilines is 1. The van der Waals surface area contributed by atoms with Crippen molar-refractivity contribution < 1.29 is 22.7 Å². The predicted octanol–water partition coefficient (Wildman–Crippen LogP) is 4.53. The highest BCUT2D eigenvalue weighted by Gasteiger charge is 2.61. The summed E-state index contributed by atoms with van der Waals surface area (Å²) in [6.45, 7) is 1.10. The lowest BCUT2D eigenvalue weighted by molar-refractivity contribution is -0.287. The Bertz CT molecular complexity index is 649. The minimum Gasteiger partial charge on any atom is -0.359 e. The van der Waals surface area contributed by atoms with Gasteiger partial charge in [0.1, 0.15) is 0 Å². The van der Waals surface area contributed by atoms with Crippen LogP contribution in [0.1, 0.15) is 31.7 Å². The molecule has 24 heavy (non-hydrogen) atoms. The molecule has 8 heteroatoms. The number of hydrogen-bond acceptors (Lipinski definition) is 2. The highest BCUT2D eigenvalue weighted by atomic mass is 35.5. The zero-order valence-electron chi connectivity index (χ0n) is 13.1. The normalized spacial score (nSPS) is 24.4. The van der Waals surface area contributed by atoms with Crippen LogP contribution >= 0.6 is 11.6 Å². The van der Waals surface area contributed by atoms with E-state index in [1.807, 2.05) is 0 Å². The maximum atomic E-state index is 14.2. The lowest BCUT2D eigenvalue weighted by atomic mass is 9.90. The molecule has 2 aliphatic rings. The molecule has 0 radical (unpaired) electrons.